The first-order valence-corrected chi connectivity index (χ1v) is 9.71. The predicted octanol–water partition coefficient (Wildman–Crippen LogP) is 4.50. The largest absolute Gasteiger partial charge is 0.348 e. The standard InChI is InChI=1S/C21H28N4O/c1-3-5-7-16-9-11-17(12-10-16)25-21(26)18(8-6-4-2)19(24-25)15-20-22-13-14-23-20/h9-14,18H,3-8,15H2,1-2H3,(H,22,23). The van der Waals surface area contributed by atoms with Gasteiger partial charge in [0.05, 0.1) is 17.3 Å². The fraction of sp³-hybridized carbons (Fsp3) is 0.476. The number of imidazole rings is 1. The Morgan fingerprint density at radius 1 is 1.12 bits per heavy atom. The van der Waals surface area contributed by atoms with Gasteiger partial charge in [0.2, 0.25) is 0 Å². The highest BCUT2D eigenvalue weighted by Crippen LogP contribution is 2.28. The summed E-state index contributed by atoms with van der Waals surface area (Å²) in [5.41, 5.74) is 3.07. The Hall–Kier alpha value is -2.43. The molecule has 0 spiro atoms. The maximum absolute atomic E-state index is 13.0. The van der Waals surface area contributed by atoms with E-state index in [1.165, 1.54) is 18.4 Å². The predicted molar refractivity (Wildman–Crippen MR) is 105 cm³/mol. The first kappa shape index (κ1) is 18.4. The topological polar surface area (TPSA) is 61.4 Å². The van der Waals surface area contributed by atoms with Crippen LogP contribution >= 0.6 is 0 Å². The van der Waals surface area contributed by atoms with Crippen molar-refractivity contribution >= 4 is 17.3 Å². The third kappa shape index (κ3) is 4.21. The molecule has 2 heterocycles. The molecule has 1 aliphatic rings. The van der Waals surface area contributed by atoms with Crippen LogP contribution in [0, 0.1) is 5.92 Å². The summed E-state index contributed by atoms with van der Waals surface area (Å²) in [7, 11) is 0. The molecule has 1 unspecified atom stereocenters. The summed E-state index contributed by atoms with van der Waals surface area (Å²) in [6.07, 6.45) is 10.5. The maximum atomic E-state index is 13.0. The minimum atomic E-state index is -0.139. The molecule has 1 N–H and O–H groups in total. The van der Waals surface area contributed by atoms with Crippen LogP contribution in [0.3, 0.4) is 0 Å². The Morgan fingerprint density at radius 2 is 1.88 bits per heavy atom. The fourth-order valence-corrected chi connectivity index (χ4v) is 3.33. The molecule has 0 aliphatic carbocycles. The third-order valence-corrected chi connectivity index (χ3v) is 4.89. The molecule has 0 saturated heterocycles. The van der Waals surface area contributed by atoms with Crippen LogP contribution in [0.1, 0.15) is 57.3 Å². The molecule has 26 heavy (non-hydrogen) atoms. The first-order chi connectivity index (χ1) is 12.7. The molecule has 0 saturated carbocycles. The van der Waals surface area contributed by atoms with Crippen molar-refractivity contribution in [2.24, 2.45) is 11.0 Å². The lowest BCUT2D eigenvalue weighted by atomic mass is 9.94. The summed E-state index contributed by atoms with van der Waals surface area (Å²) >= 11 is 0. The summed E-state index contributed by atoms with van der Waals surface area (Å²) in [4.78, 5) is 20.4. The van der Waals surface area contributed by atoms with E-state index in [-0.39, 0.29) is 11.8 Å². The van der Waals surface area contributed by atoms with Crippen LogP contribution < -0.4 is 5.01 Å². The van der Waals surface area contributed by atoms with E-state index in [0.29, 0.717) is 6.42 Å². The number of nitrogens with one attached hydrogen (secondary N) is 1. The highest BCUT2D eigenvalue weighted by atomic mass is 16.2. The van der Waals surface area contributed by atoms with E-state index in [4.69, 9.17) is 0 Å². The normalized spacial score (nSPS) is 17.0. The molecule has 2 aromatic rings. The highest BCUT2D eigenvalue weighted by molar-refractivity contribution is 6.15. The van der Waals surface area contributed by atoms with Gasteiger partial charge in [0.15, 0.2) is 0 Å². The lowest BCUT2D eigenvalue weighted by Gasteiger charge is -2.15. The van der Waals surface area contributed by atoms with Gasteiger partial charge in [-0.3, -0.25) is 4.79 Å². The molecule has 1 atom stereocenters. The number of anilines is 1. The molecule has 1 aliphatic heterocycles. The number of hydrogen-bond donors (Lipinski definition) is 1. The van der Waals surface area contributed by atoms with Gasteiger partial charge in [0.1, 0.15) is 5.82 Å². The first-order valence-electron chi connectivity index (χ1n) is 9.71. The average molecular weight is 352 g/mol. The molecule has 1 aromatic carbocycles. The molecule has 1 amide bonds. The fourth-order valence-electron chi connectivity index (χ4n) is 3.33. The van der Waals surface area contributed by atoms with Gasteiger partial charge in [-0.15, -0.1) is 0 Å². The zero-order valence-electron chi connectivity index (χ0n) is 15.7. The number of amides is 1. The van der Waals surface area contributed by atoms with Crippen molar-refractivity contribution < 1.29 is 4.79 Å². The van der Waals surface area contributed by atoms with E-state index in [1.54, 1.807) is 17.4 Å². The SMILES string of the molecule is CCCCc1ccc(N2N=C(Cc3ncc[nH]3)C(CCCC)C2=O)cc1. The summed E-state index contributed by atoms with van der Waals surface area (Å²) in [5.74, 6) is 0.802. The number of carbonyl (C=O) groups is 1. The van der Waals surface area contributed by atoms with Crippen molar-refractivity contribution in [2.75, 3.05) is 5.01 Å². The van der Waals surface area contributed by atoms with Crippen LogP contribution in [0.2, 0.25) is 0 Å². The van der Waals surface area contributed by atoms with Crippen molar-refractivity contribution in [3.8, 4) is 0 Å². The van der Waals surface area contributed by atoms with Crippen LogP contribution in [0.15, 0.2) is 41.8 Å². The van der Waals surface area contributed by atoms with Gasteiger partial charge in [0, 0.05) is 18.8 Å². The van der Waals surface area contributed by atoms with Crippen LogP contribution in [0.25, 0.3) is 0 Å². The van der Waals surface area contributed by atoms with Gasteiger partial charge < -0.3 is 4.98 Å². The quantitative estimate of drug-likeness (QED) is 0.722. The number of aromatic amines is 1. The molecular weight excluding hydrogens is 324 g/mol. The van der Waals surface area contributed by atoms with Crippen molar-refractivity contribution in [1.29, 1.82) is 0 Å². The summed E-state index contributed by atoms with van der Waals surface area (Å²) in [5, 5.41) is 6.27. The minimum absolute atomic E-state index is 0.0846. The average Bonchev–Trinajstić information content (AvgIpc) is 3.27. The van der Waals surface area contributed by atoms with E-state index in [0.717, 1.165) is 42.9 Å². The van der Waals surface area contributed by atoms with Gasteiger partial charge in [-0.25, -0.2) is 9.99 Å². The van der Waals surface area contributed by atoms with Crippen LogP contribution in [-0.4, -0.2) is 21.6 Å². The molecule has 0 fully saturated rings. The summed E-state index contributed by atoms with van der Waals surface area (Å²) < 4.78 is 0. The number of unbranched alkanes of at least 4 members (excludes halogenated alkanes) is 2. The Bertz CT molecular complexity index is 734. The number of aromatic nitrogens is 2. The molecule has 5 heteroatoms. The van der Waals surface area contributed by atoms with Crippen molar-refractivity contribution in [3.63, 3.8) is 0 Å². The van der Waals surface area contributed by atoms with E-state index < -0.39 is 0 Å². The number of hydrazone groups is 1. The number of aryl methyl sites for hydroxylation is 1. The Morgan fingerprint density at radius 3 is 2.54 bits per heavy atom. The number of rotatable bonds is 9. The van der Waals surface area contributed by atoms with Crippen molar-refractivity contribution in [1.82, 2.24) is 9.97 Å². The Kier molecular flexibility index (Phi) is 6.21. The van der Waals surface area contributed by atoms with Gasteiger partial charge in [-0.05, 0) is 37.0 Å². The Labute approximate surface area is 155 Å². The molecule has 5 nitrogen and oxygen atoms in total. The maximum Gasteiger partial charge on any atom is 0.256 e. The zero-order valence-corrected chi connectivity index (χ0v) is 15.7. The molecule has 1 aromatic heterocycles. The molecule has 0 bridgehead atoms. The molecular formula is C21H28N4O. The molecule has 138 valence electrons. The number of nitrogens with zero attached hydrogens (tertiary/aromatic N) is 3. The van der Waals surface area contributed by atoms with Gasteiger partial charge in [-0.1, -0.05) is 45.2 Å². The van der Waals surface area contributed by atoms with Crippen molar-refractivity contribution in [2.45, 2.75) is 58.8 Å². The van der Waals surface area contributed by atoms with Crippen molar-refractivity contribution in [3.05, 3.63) is 48.0 Å². The third-order valence-electron chi connectivity index (χ3n) is 4.89. The van der Waals surface area contributed by atoms with Crippen LogP contribution in [-0.2, 0) is 17.6 Å². The van der Waals surface area contributed by atoms with Gasteiger partial charge in [0.25, 0.3) is 5.91 Å². The molecule has 0 radical (unpaired) electrons. The lowest BCUT2D eigenvalue weighted by molar-refractivity contribution is -0.119. The van der Waals surface area contributed by atoms with E-state index in [2.05, 4.69) is 41.0 Å². The Balaban J connectivity index is 1.79. The van der Waals surface area contributed by atoms with E-state index in [1.807, 2.05) is 12.1 Å². The minimum Gasteiger partial charge on any atom is -0.348 e. The van der Waals surface area contributed by atoms with E-state index in [9.17, 15) is 4.79 Å². The van der Waals surface area contributed by atoms with E-state index >= 15 is 0 Å². The number of hydrogen-bond acceptors (Lipinski definition) is 3. The number of carbonyl (C=O) groups excluding carboxylic acids is 1. The highest BCUT2D eigenvalue weighted by Gasteiger charge is 2.36. The summed E-state index contributed by atoms with van der Waals surface area (Å²) in [6.45, 7) is 4.35. The van der Waals surface area contributed by atoms with Gasteiger partial charge in [-0.2, -0.15) is 5.10 Å². The molecule has 3 rings (SSSR count). The smallest absolute Gasteiger partial charge is 0.256 e. The van der Waals surface area contributed by atoms with Crippen LogP contribution in [0.5, 0.6) is 0 Å². The van der Waals surface area contributed by atoms with Gasteiger partial charge >= 0.3 is 0 Å². The number of H-pyrrole nitrogens is 1. The second-order valence-corrected chi connectivity index (χ2v) is 6.92. The monoisotopic (exact) mass is 352 g/mol. The van der Waals surface area contributed by atoms with Crippen LogP contribution in [0.4, 0.5) is 5.69 Å². The number of benzene rings is 1. The lowest BCUT2D eigenvalue weighted by Crippen LogP contribution is -2.28. The second-order valence-electron chi connectivity index (χ2n) is 6.92. The second kappa shape index (κ2) is 8.79. The zero-order chi connectivity index (χ0) is 18.4. The summed E-state index contributed by atoms with van der Waals surface area (Å²) in [6, 6.07) is 8.25.